The first-order valence-electron chi connectivity index (χ1n) is 8.49. The highest BCUT2D eigenvalue weighted by atomic mass is 32.2. The van der Waals surface area contributed by atoms with Crippen LogP contribution in [-0.2, 0) is 14.6 Å². The minimum absolute atomic E-state index is 0.134. The fourth-order valence-electron chi connectivity index (χ4n) is 3.31. The van der Waals surface area contributed by atoms with Gasteiger partial charge in [-0.15, -0.1) is 5.10 Å². The molecule has 0 aliphatic carbocycles. The summed E-state index contributed by atoms with van der Waals surface area (Å²) in [6.45, 7) is 1.87. The standard InChI is InChI=1S/C18H17N5O4S/c1-10-16(27-18(24)19-10)12-8-6-11(7-9-12)13-4-3-5-14(28(2,25)26)15(13)17-20-22-23-21-17/h3-10,16H,1-2H3,(H,19,24)(H,20,21,22,23)/t10-,16+/m0/s1. The molecule has 0 bridgehead atoms. The first kappa shape index (κ1) is 18.1. The van der Waals surface area contributed by atoms with Gasteiger partial charge in [-0.1, -0.05) is 36.4 Å². The van der Waals surface area contributed by atoms with Gasteiger partial charge >= 0.3 is 6.09 Å². The van der Waals surface area contributed by atoms with E-state index in [2.05, 4.69) is 25.9 Å². The van der Waals surface area contributed by atoms with Crippen LogP contribution in [0.3, 0.4) is 0 Å². The average Bonchev–Trinajstić information content (AvgIpc) is 3.30. The predicted molar refractivity (Wildman–Crippen MR) is 100.0 cm³/mol. The summed E-state index contributed by atoms with van der Waals surface area (Å²) in [6.07, 6.45) is 0.329. The molecule has 0 saturated carbocycles. The summed E-state index contributed by atoms with van der Waals surface area (Å²) in [4.78, 5) is 11.6. The van der Waals surface area contributed by atoms with Crippen LogP contribution in [0.1, 0.15) is 18.6 Å². The zero-order chi connectivity index (χ0) is 19.9. The van der Waals surface area contributed by atoms with Crippen molar-refractivity contribution in [2.75, 3.05) is 6.26 Å². The SMILES string of the molecule is C[C@@H]1NC(=O)O[C@H]1c1ccc(-c2cccc(S(C)(=O)=O)c2-c2nnn[nH]2)cc1. The largest absolute Gasteiger partial charge is 0.439 e. The Morgan fingerprint density at radius 1 is 1.11 bits per heavy atom. The van der Waals surface area contributed by atoms with E-state index in [-0.39, 0.29) is 22.9 Å². The van der Waals surface area contributed by atoms with Crippen LogP contribution in [0.4, 0.5) is 4.79 Å². The molecule has 1 amide bonds. The number of tetrazole rings is 1. The summed E-state index contributed by atoms with van der Waals surface area (Å²) in [5, 5.41) is 16.4. The summed E-state index contributed by atoms with van der Waals surface area (Å²) in [7, 11) is -3.51. The van der Waals surface area contributed by atoms with Crippen molar-refractivity contribution >= 4 is 15.9 Å². The van der Waals surface area contributed by atoms with Crippen LogP contribution in [0.15, 0.2) is 47.4 Å². The van der Waals surface area contributed by atoms with E-state index < -0.39 is 15.9 Å². The number of cyclic esters (lactones) is 1. The molecule has 2 N–H and O–H groups in total. The number of amides is 1. The Balaban J connectivity index is 1.81. The van der Waals surface area contributed by atoms with Gasteiger partial charge in [0.15, 0.2) is 15.7 Å². The number of benzene rings is 2. The highest BCUT2D eigenvalue weighted by Gasteiger charge is 2.31. The molecule has 1 aliphatic heterocycles. The number of H-pyrrole nitrogens is 1. The normalized spacial score (nSPS) is 19.3. The Labute approximate surface area is 161 Å². The first-order valence-corrected chi connectivity index (χ1v) is 10.4. The third-order valence-electron chi connectivity index (χ3n) is 4.59. The van der Waals surface area contributed by atoms with Crippen LogP contribution in [0.2, 0.25) is 0 Å². The van der Waals surface area contributed by atoms with Gasteiger partial charge in [0.2, 0.25) is 0 Å². The highest BCUT2D eigenvalue weighted by Crippen LogP contribution is 2.36. The maximum absolute atomic E-state index is 12.3. The number of nitrogens with zero attached hydrogens (tertiary/aromatic N) is 3. The average molecular weight is 399 g/mol. The zero-order valence-electron chi connectivity index (χ0n) is 15.1. The zero-order valence-corrected chi connectivity index (χ0v) is 15.9. The molecule has 1 fully saturated rings. The lowest BCUT2D eigenvalue weighted by atomic mass is 9.96. The smallest absolute Gasteiger partial charge is 0.408 e. The van der Waals surface area contributed by atoms with Crippen molar-refractivity contribution in [3.8, 4) is 22.5 Å². The van der Waals surface area contributed by atoms with E-state index in [1.54, 1.807) is 12.1 Å². The minimum Gasteiger partial charge on any atom is -0.439 e. The maximum Gasteiger partial charge on any atom is 0.408 e. The second-order valence-corrected chi connectivity index (χ2v) is 8.57. The molecule has 2 heterocycles. The monoisotopic (exact) mass is 399 g/mol. The molecule has 0 radical (unpaired) electrons. The summed E-state index contributed by atoms with van der Waals surface area (Å²) in [6, 6.07) is 12.3. The van der Waals surface area contributed by atoms with Crippen molar-refractivity contribution in [2.24, 2.45) is 0 Å². The fraction of sp³-hybridized carbons (Fsp3) is 0.222. The molecule has 144 valence electrons. The Bertz CT molecular complexity index is 1130. The van der Waals surface area contributed by atoms with E-state index in [1.807, 2.05) is 31.2 Å². The van der Waals surface area contributed by atoms with Gasteiger partial charge in [-0.2, -0.15) is 0 Å². The number of alkyl carbamates (subject to hydrolysis) is 1. The second kappa shape index (κ2) is 6.71. The summed E-state index contributed by atoms with van der Waals surface area (Å²) < 4.78 is 29.9. The van der Waals surface area contributed by atoms with Crippen molar-refractivity contribution in [3.63, 3.8) is 0 Å². The van der Waals surface area contributed by atoms with Gasteiger partial charge in [0, 0.05) is 11.8 Å². The van der Waals surface area contributed by atoms with Crippen LogP contribution < -0.4 is 5.32 Å². The minimum atomic E-state index is -3.51. The van der Waals surface area contributed by atoms with Crippen molar-refractivity contribution in [1.82, 2.24) is 25.9 Å². The molecule has 0 spiro atoms. The number of nitrogens with one attached hydrogen (secondary N) is 2. The highest BCUT2D eigenvalue weighted by molar-refractivity contribution is 7.90. The lowest BCUT2D eigenvalue weighted by molar-refractivity contribution is 0.134. The molecule has 2 aromatic carbocycles. The molecular formula is C18H17N5O4S. The van der Waals surface area contributed by atoms with Crippen molar-refractivity contribution in [3.05, 3.63) is 48.0 Å². The summed E-state index contributed by atoms with van der Waals surface area (Å²) >= 11 is 0. The van der Waals surface area contributed by atoms with Gasteiger partial charge in [-0.3, -0.25) is 0 Å². The molecule has 1 aliphatic rings. The Kier molecular flexibility index (Phi) is 4.34. The number of rotatable bonds is 4. The maximum atomic E-state index is 12.3. The van der Waals surface area contributed by atoms with E-state index >= 15 is 0 Å². The second-order valence-electron chi connectivity index (χ2n) is 6.58. The molecule has 9 nitrogen and oxygen atoms in total. The third-order valence-corrected chi connectivity index (χ3v) is 5.73. The van der Waals surface area contributed by atoms with Crippen molar-refractivity contribution < 1.29 is 17.9 Å². The number of ether oxygens (including phenoxy) is 1. The number of carbonyl (C=O) groups excluding carboxylic acids is 1. The Morgan fingerprint density at radius 3 is 2.43 bits per heavy atom. The van der Waals surface area contributed by atoms with Crippen LogP contribution in [0, 0.1) is 0 Å². The molecule has 10 heteroatoms. The molecule has 3 aromatic rings. The van der Waals surface area contributed by atoms with E-state index in [9.17, 15) is 13.2 Å². The van der Waals surface area contributed by atoms with Gasteiger partial charge in [0.25, 0.3) is 0 Å². The Hall–Kier alpha value is -3.27. The van der Waals surface area contributed by atoms with Crippen LogP contribution in [0.5, 0.6) is 0 Å². The van der Waals surface area contributed by atoms with Crippen LogP contribution >= 0.6 is 0 Å². The third kappa shape index (κ3) is 3.22. The van der Waals surface area contributed by atoms with Gasteiger partial charge in [0.1, 0.15) is 6.10 Å². The topological polar surface area (TPSA) is 127 Å². The quantitative estimate of drug-likeness (QED) is 0.688. The number of hydrogen-bond donors (Lipinski definition) is 2. The summed E-state index contributed by atoms with van der Waals surface area (Å²) in [5.41, 5.74) is 2.70. The molecule has 28 heavy (non-hydrogen) atoms. The van der Waals surface area contributed by atoms with Crippen molar-refractivity contribution in [1.29, 1.82) is 0 Å². The molecule has 2 atom stereocenters. The number of hydrogen-bond acceptors (Lipinski definition) is 7. The summed E-state index contributed by atoms with van der Waals surface area (Å²) in [5.74, 6) is 0.266. The number of aromatic nitrogens is 4. The number of sulfone groups is 1. The Morgan fingerprint density at radius 2 is 1.86 bits per heavy atom. The lowest BCUT2D eigenvalue weighted by Crippen LogP contribution is -2.23. The predicted octanol–water partition coefficient (Wildman–Crippen LogP) is 2.11. The first-order chi connectivity index (χ1) is 13.3. The van der Waals surface area contributed by atoms with Crippen molar-refractivity contribution in [2.45, 2.75) is 24.0 Å². The fourth-order valence-corrected chi connectivity index (χ4v) is 4.22. The van der Waals surface area contributed by atoms with Gasteiger partial charge in [-0.05, 0) is 40.1 Å². The molecule has 1 saturated heterocycles. The molecular weight excluding hydrogens is 382 g/mol. The molecule has 1 aromatic heterocycles. The van der Waals surface area contributed by atoms with Gasteiger partial charge in [-0.25, -0.2) is 18.3 Å². The van der Waals surface area contributed by atoms with Gasteiger partial charge < -0.3 is 10.1 Å². The number of aromatic amines is 1. The number of carbonyl (C=O) groups is 1. The van der Waals surface area contributed by atoms with Crippen LogP contribution in [-0.4, -0.2) is 47.4 Å². The van der Waals surface area contributed by atoms with E-state index in [1.165, 1.54) is 6.07 Å². The van der Waals surface area contributed by atoms with Gasteiger partial charge in [0.05, 0.1) is 10.9 Å². The molecule has 0 unspecified atom stereocenters. The van der Waals surface area contributed by atoms with E-state index in [4.69, 9.17) is 4.74 Å². The van der Waals surface area contributed by atoms with E-state index in [0.717, 1.165) is 17.4 Å². The lowest BCUT2D eigenvalue weighted by Gasteiger charge is -2.15. The van der Waals surface area contributed by atoms with Crippen LogP contribution in [0.25, 0.3) is 22.5 Å². The van der Waals surface area contributed by atoms with E-state index in [0.29, 0.717) is 11.1 Å². The molecule has 4 rings (SSSR count).